The average Bonchev–Trinajstić information content (AvgIpc) is 2.53. The van der Waals surface area contributed by atoms with Gasteiger partial charge in [0.25, 0.3) is 5.56 Å². The molecule has 130 valence electrons. The Morgan fingerprint density at radius 3 is 2.64 bits per heavy atom. The van der Waals surface area contributed by atoms with Crippen molar-refractivity contribution >= 4 is 22.5 Å². The molecule has 1 aromatic heterocycles. The maximum absolute atomic E-state index is 13.7. The van der Waals surface area contributed by atoms with Gasteiger partial charge in [-0.3, -0.25) is 9.36 Å². The molecule has 0 aliphatic carbocycles. The van der Waals surface area contributed by atoms with Crippen LogP contribution in [0.25, 0.3) is 16.6 Å². The van der Waals surface area contributed by atoms with E-state index in [1.165, 1.54) is 16.7 Å². The van der Waals surface area contributed by atoms with Crippen LogP contribution in [0.15, 0.2) is 47.3 Å². The number of hydrogen-bond acceptors (Lipinski definition) is 3. The van der Waals surface area contributed by atoms with E-state index in [4.69, 9.17) is 17.3 Å². The van der Waals surface area contributed by atoms with Gasteiger partial charge in [-0.1, -0.05) is 37.6 Å². The van der Waals surface area contributed by atoms with Crippen LogP contribution < -0.4 is 11.3 Å². The van der Waals surface area contributed by atoms with Crippen molar-refractivity contribution < 1.29 is 4.39 Å². The number of benzene rings is 2. The number of hydrogen-bond donors (Lipinski definition) is 1. The first-order valence-electron chi connectivity index (χ1n) is 8.11. The molecule has 0 amide bonds. The minimum absolute atomic E-state index is 0.300. The van der Waals surface area contributed by atoms with Crippen LogP contribution in [0, 0.1) is 11.7 Å². The maximum atomic E-state index is 13.7. The van der Waals surface area contributed by atoms with Gasteiger partial charge >= 0.3 is 0 Å². The van der Waals surface area contributed by atoms with Gasteiger partial charge in [-0.2, -0.15) is 0 Å². The molecule has 1 unspecified atom stereocenters. The smallest absolute Gasteiger partial charge is 0.267 e. The van der Waals surface area contributed by atoms with Crippen molar-refractivity contribution in [3.05, 3.63) is 69.5 Å². The van der Waals surface area contributed by atoms with Crippen LogP contribution in [0.4, 0.5) is 4.39 Å². The summed E-state index contributed by atoms with van der Waals surface area (Å²) >= 11 is 6.21. The molecule has 0 saturated carbocycles. The molecule has 4 nitrogen and oxygen atoms in total. The summed E-state index contributed by atoms with van der Waals surface area (Å²) in [6, 6.07) is 10.5. The number of nitrogens with two attached hydrogens (primary N) is 1. The van der Waals surface area contributed by atoms with E-state index in [9.17, 15) is 9.18 Å². The third kappa shape index (κ3) is 3.43. The van der Waals surface area contributed by atoms with Crippen LogP contribution in [0.5, 0.6) is 0 Å². The quantitative estimate of drug-likeness (QED) is 0.758. The van der Waals surface area contributed by atoms with E-state index < -0.39 is 11.9 Å². The van der Waals surface area contributed by atoms with Crippen LogP contribution in [-0.2, 0) is 0 Å². The van der Waals surface area contributed by atoms with E-state index in [2.05, 4.69) is 4.98 Å². The molecule has 25 heavy (non-hydrogen) atoms. The van der Waals surface area contributed by atoms with Crippen molar-refractivity contribution in [3.63, 3.8) is 0 Å². The second-order valence-corrected chi connectivity index (χ2v) is 6.87. The molecule has 0 radical (unpaired) electrons. The van der Waals surface area contributed by atoms with Crippen LogP contribution in [0.2, 0.25) is 5.02 Å². The first kappa shape index (κ1) is 17.6. The normalized spacial score (nSPS) is 12.7. The molecular formula is C19H19ClFN3O. The highest BCUT2D eigenvalue weighted by Gasteiger charge is 2.20. The molecule has 3 rings (SSSR count). The summed E-state index contributed by atoms with van der Waals surface area (Å²) in [5.41, 5.74) is 6.84. The molecule has 0 saturated heterocycles. The monoisotopic (exact) mass is 359 g/mol. The number of rotatable bonds is 4. The molecule has 0 spiro atoms. The molecular weight excluding hydrogens is 341 g/mol. The zero-order valence-corrected chi connectivity index (χ0v) is 14.8. The minimum atomic E-state index is -0.459. The Kier molecular flexibility index (Phi) is 4.88. The number of halogens is 2. The Morgan fingerprint density at radius 2 is 1.96 bits per heavy atom. The molecule has 2 aromatic carbocycles. The Labute approximate surface area is 150 Å². The van der Waals surface area contributed by atoms with Crippen molar-refractivity contribution in [2.24, 2.45) is 11.7 Å². The molecule has 6 heteroatoms. The van der Waals surface area contributed by atoms with Gasteiger partial charge in [0.05, 0.1) is 27.7 Å². The van der Waals surface area contributed by atoms with Gasteiger partial charge in [-0.15, -0.1) is 0 Å². The first-order valence-corrected chi connectivity index (χ1v) is 8.49. The van der Waals surface area contributed by atoms with Gasteiger partial charge in [0.15, 0.2) is 0 Å². The van der Waals surface area contributed by atoms with E-state index >= 15 is 0 Å². The zero-order chi connectivity index (χ0) is 18.1. The molecule has 0 aliphatic heterocycles. The Hall–Kier alpha value is -2.24. The zero-order valence-electron chi connectivity index (χ0n) is 14.0. The highest BCUT2D eigenvalue weighted by Crippen LogP contribution is 2.24. The highest BCUT2D eigenvalue weighted by atomic mass is 35.5. The molecule has 0 aliphatic rings. The van der Waals surface area contributed by atoms with E-state index in [1.807, 2.05) is 13.8 Å². The lowest BCUT2D eigenvalue weighted by Crippen LogP contribution is -2.29. The van der Waals surface area contributed by atoms with Crippen LogP contribution >= 0.6 is 11.6 Å². The fourth-order valence-corrected chi connectivity index (χ4v) is 3.18. The Bertz CT molecular complexity index is 984. The predicted octanol–water partition coefficient (Wildman–Crippen LogP) is 4.22. The second kappa shape index (κ2) is 6.94. The summed E-state index contributed by atoms with van der Waals surface area (Å²) in [5.74, 6) is 0.286. The lowest BCUT2D eigenvalue weighted by atomic mass is 10.0. The molecule has 1 atom stereocenters. The maximum Gasteiger partial charge on any atom is 0.267 e. The van der Waals surface area contributed by atoms with Crippen molar-refractivity contribution in [2.45, 2.75) is 26.3 Å². The topological polar surface area (TPSA) is 60.9 Å². The Morgan fingerprint density at radius 1 is 1.24 bits per heavy atom. The van der Waals surface area contributed by atoms with Gasteiger partial charge in [0.2, 0.25) is 0 Å². The van der Waals surface area contributed by atoms with E-state index in [0.29, 0.717) is 39.8 Å². The lowest BCUT2D eigenvalue weighted by Gasteiger charge is -2.20. The minimum Gasteiger partial charge on any atom is -0.321 e. The summed E-state index contributed by atoms with van der Waals surface area (Å²) in [6.45, 7) is 4.09. The number of fused-ring (bicyclic) bond motifs is 1. The van der Waals surface area contributed by atoms with E-state index in [0.717, 1.165) is 0 Å². The van der Waals surface area contributed by atoms with Gasteiger partial charge in [0.1, 0.15) is 11.6 Å². The van der Waals surface area contributed by atoms with Gasteiger partial charge in [0, 0.05) is 0 Å². The van der Waals surface area contributed by atoms with Crippen LogP contribution in [-0.4, -0.2) is 9.55 Å². The average molecular weight is 360 g/mol. The van der Waals surface area contributed by atoms with Gasteiger partial charge in [-0.05, 0) is 42.7 Å². The fourth-order valence-electron chi connectivity index (χ4n) is 2.93. The molecule has 0 bridgehead atoms. The number of aromatic nitrogens is 2. The van der Waals surface area contributed by atoms with Crippen molar-refractivity contribution in [1.82, 2.24) is 9.55 Å². The van der Waals surface area contributed by atoms with Crippen molar-refractivity contribution in [2.75, 3.05) is 0 Å². The summed E-state index contributed by atoms with van der Waals surface area (Å²) in [5, 5.41) is 0.609. The standard InChI is InChI=1S/C19H19ClFN3O/c1-11(2)9-15(22)18-23-16-8-4-7-14(20)17(16)19(25)24(18)13-6-3-5-12(21)10-13/h3-8,10-11,15H,9,22H2,1-2H3. The van der Waals surface area contributed by atoms with Crippen molar-refractivity contribution in [3.8, 4) is 5.69 Å². The van der Waals surface area contributed by atoms with Crippen molar-refractivity contribution in [1.29, 1.82) is 0 Å². The first-order chi connectivity index (χ1) is 11.9. The third-order valence-corrected chi connectivity index (χ3v) is 4.31. The second-order valence-electron chi connectivity index (χ2n) is 6.46. The third-order valence-electron chi connectivity index (χ3n) is 4.00. The summed E-state index contributed by atoms with van der Waals surface area (Å²) in [7, 11) is 0. The van der Waals surface area contributed by atoms with Gasteiger partial charge < -0.3 is 5.73 Å². The van der Waals surface area contributed by atoms with Gasteiger partial charge in [-0.25, -0.2) is 9.37 Å². The number of nitrogens with zero attached hydrogens (tertiary/aromatic N) is 2. The molecule has 1 heterocycles. The SMILES string of the molecule is CC(C)CC(N)c1nc2cccc(Cl)c2c(=O)n1-c1cccc(F)c1. The lowest BCUT2D eigenvalue weighted by molar-refractivity contribution is 0.485. The van der Waals surface area contributed by atoms with E-state index in [1.54, 1.807) is 30.3 Å². The molecule has 2 N–H and O–H groups in total. The predicted molar refractivity (Wildman–Crippen MR) is 98.7 cm³/mol. The summed E-state index contributed by atoms with van der Waals surface area (Å²) in [4.78, 5) is 17.7. The fraction of sp³-hybridized carbons (Fsp3) is 0.263. The largest absolute Gasteiger partial charge is 0.321 e. The van der Waals surface area contributed by atoms with E-state index in [-0.39, 0.29) is 5.56 Å². The summed E-state index contributed by atoms with van der Waals surface area (Å²) < 4.78 is 15.1. The molecule has 3 aromatic rings. The molecule has 0 fully saturated rings. The Balaban J connectivity index is 2.36. The van der Waals surface area contributed by atoms with Crippen LogP contribution in [0.1, 0.15) is 32.1 Å². The van der Waals surface area contributed by atoms with Crippen LogP contribution in [0.3, 0.4) is 0 Å². The summed E-state index contributed by atoms with van der Waals surface area (Å²) in [6.07, 6.45) is 0.647. The highest BCUT2D eigenvalue weighted by molar-refractivity contribution is 6.35.